The van der Waals surface area contributed by atoms with Gasteiger partial charge >= 0.3 is 6.03 Å². The number of urea groups is 1. The number of ether oxygens (including phenoxy) is 1. The number of hydrogen-bond donors (Lipinski definition) is 1. The Morgan fingerprint density at radius 3 is 2.85 bits per heavy atom. The minimum Gasteiger partial charge on any atom is -0.495 e. The van der Waals surface area contributed by atoms with Crippen LogP contribution in [-0.2, 0) is 0 Å². The van der Waals surface area contributed by atoms with Crippen LogP contribution in [-0.4, -0.2) is 36.1 Å². The number of nitrogens with one attached hydrogen (secondary N) is 1. The van der Waals surface area contributed by atoms with E-state index in [1.807, 2.05) is 26.8 Å². The van der Waals surface area contributed by atoms with E-state index in [0.29, 0.717) is 18.8 Å². The largest absolute Gasteiger partial charge is 0.495 e. The summed E-state index contributed by atoms with van der Waals surface area (Å²) < 4.78 is 5.26. The molecule has 0 aliphatic heterocycles. The van der Waals surface area contributed by atoms with E-state index in [2.05, 4.69) is 16.9 Å². The Kier molecular flexibility index (Phi) is 6.03. The van der Waals surface area contributed by atoms with Crippen molar-refractivity contribution >= 4 is 6.03 Å². The maximum absolute atomic E-state index is 12.2. The van der Waals surface area contributed by atoms with Crippen LogP contribution in [0, 0.1) is 0 Å². The summed E-state index contributed by atoms with van der Waals surface area (Å²) >= 11 is 0. The van der Waals surface area contributed by atoms with Crippen molar-refractivity contribution in [3.63, 3.8) is 0 Å². The van der Waals surface area contributed by atoms with Gasteiger partial charge in [-0.2, -0.15) is 0 Å². The third kappa shape index (κ3) is 4.26. The topological polar surface area (TPSA) is 54.5 Å². The Hall–Kier alpha value is -2.04. The third-order valence-electron chi connectivity index (χ3n) is 2.97. The van der Waals surface area contributed by atoms with Gasteiger partial charge in [0.2, 0.25) is 0 Å². The first-order valence-corrected chi connectivity index (χ1v) is 6.67. The molecule has 0 aliphatic rings. The molecule has 1 N–H and O–H groups in total. The van der Waals surface area contributed by atoms with Crippen LogP contribution >= 0.6 is 0 Å². The van der Waals surface area contributed by atoms with Gasteiger partial charge in [0.05, 0.1) is 19.3 Å². The average Bonchev–Trinajstić information content (AvgIpc) is 2.44. The van der Waals surface area contributed by atoms with Crippen LogP contribution in [0.4, 0.5) is 4.79 Å². The van der Waals surface area contributed by atoms with Crippen molar-refractivity contribution in [1.82, 2.24) is 15.2 Å². The van der Waals surface area contributed by atoms with Gasteiger partial charge in [-0.3, -0.25) is 4.98 Å². The van der Waals surface area contributed by atoms with E-state index in [1.165, 1.54) is 0 Å². The number of aromatic nitrogens is 1. The van der Waals surface area contributed by atoms with Crippen LogP contribution in [0.2, 0.25) is 0 Å². The lowest BCUT2D eigenvalue weighted by Crippen LogP contribution is -2.41. The maximum Gasteiger partial charge on any atom is 0.318 e. The molecule has 0 radical (unpaired) electrons. The number of nitrogens with zero attached hydrogens (tertiary/aromatic N) is 2. The van der Waals surface area contributed by atoms with Gasteiger partial charge in [0, 0.05) is 24.8 Å². The molecule has 1 aromatic heterocycles. The van der Waals surface area contributed by atoms with E-state index < -0.39 is 0 Å². The number of pyridine rings is 1. The Morgan fingerprint density at radius 1 is 1.60 bits per heavy atom. The fraction of sp³-hybridized carbons (Fsp3) is 0.467. The van der Waals surface area contributed by atoms with Gasteiger partial charge in [-0.15, -0.1) is 0 Å². The second kappa shape index (κ2) is 7.53. The maximum atomic E-state index is 12.2. The average molecular weight is 277 g/mol. The Morgan fingerprint density at radius 2 is 2.30 bits per heavy atom. The van der Waals surface area contributed by atoms with E-state index in [-0.39, 0.29) is 12.1 Å². The number of carbonyl (C=O) groups excluding carboxylic acids is 1. The summed E-state index contributed by atoms with van der Waals surface area (Å²) in [5.74, 6) is 0.670. The van der Waals surface area contributed by atoms with Gasteiger partial charge in [-0.05, 0) is 26.8 Å². The molecule has 5 heteroatoms. The summed E-state index contributed by atoms with van der Waals surface area (Å²) in [7, 11) is 1.59. The van der Waals surface area contributed by atoms with Crippen molar-refractivity contribution in [1.29, 1.82) is 0 Å². The molecule has 110 valence electrons. The zero-order chi connectivity index (χ0) is 15.1. The predicted molar refractivity (Wildman–Crippen MR) is 79.8 cm³/mol. The predicted octanol–water partition coefficient (Wildman–Crippen LogP) is 2.76. The molecule has 0 aliphatic carbocycles. The molecule has 0 spiro atoms. The van der Waals surface area contributed by atoms with E-state index in [4.69, 9.17) is 4.74 Å². The Balaban J connectivity index is 2.76. The van der Waals surface area contributed by atoms with Crippen molar-refractivity contribution in [3.05, 3.63) is 36.2 Å². The van der Waals surface area contributed by atoms with E-state index in [0.717, 1.165) is 11.1 Å². The fourth-order valence-electron chi connectivity index (χ4n) is 1.93. The minimum absolute atomic E-state index is 0.109. The van der Waals surface area contributed by atoms with E-state index >= 15 is 0 Å². The van der Waals surface area contributed by atoms with Crippen molar-refractivity contribution in [3.8, 4) is 5.75 Å². The van der Waals surface area contributed by atoms with Crippen molar-refractivity contribution in [2.45, 2.75) is 26.8 Å². The SMILES string of the molecule is C=C(C)CN(CC)C(=O)N[C@@H](C)c1ccncc1OC. The molecular formula is C15H23N3O2. The molecule has 1 aromatic rings. The highest BCUT2D eigenvalue weighted by atomic mass is 16.5. The second-order valence-corrected chi connectivity index (χ2v) is 4.76. The molecule has 0 fully saturated rings. The first-order valence-electron chi connectivity index (χ1n) is 6.67. The van der Waals surface area contributed by atoms with Crippen molar-refractivity contribution < 1.29 is 9.53 Å². The molecule has 1 heterocycles. The normalized spacial score (nSPS) is 11.6. The summed E-state index contributed by atoms with van der Waals surface area (Å²) in [5.41, 5.74) is 1.86. The zero-order valence-electron chi connectivity index (χ0n) is 12.6. The molecule has 5 nitrogen and oxygen atoms in total. The zero-order valence-corrected chi connectivity index (χ0v) is 12.6. The van der Waals surface area contributed by atoms with E-state index in [1.54, 1.807) is 24.4 Å². The molecule has 2 amide bonds. The lowest BCUT2D eigenvalue weighted by Gasteiger charge is -2.24. The van der Waals surface area contributed by atoms with Crippen LogP contribution in [0.3, 0.4) is 0 Å². The first kappa shape index (κ1) is 16.0. The molecule has 0 aromatic carbocycles. The van der Waals surface area contributed by atoms with E-state index in [9.17, 15) is 4.79 Å². The number of likely N-dealkylation sites (N-methyl/N-ethyl adjacent to an activating group) is 1. The van der Waals surface area contributed by atoms with Crippen LogP contribution in [0.15, 0.2) is 30.6 Å². The van der Waals surface area contributed by atoms with Crippen LogP contribution in [0.5, 0.6) is 5.75 Å². The summed E-state index contributed by atoms with van der Waals surface area (Å²) in [6, 6.07) is 1.58. The summed E-state index contributed by atoms with van der Waals surface area (Å²) in [4.78, 5) is 17.9. The standard InChI is InChI=1S/C15H23N3O2/c1-6-18(10-11(2)3)15(19)17-12(4)13-7-8-16-9-14(13)20-5/h7-9,12H,2,6,10H2,1,3-5H3,(H,17,19)/t12-/m0/s1. The molecule has 20 heavy (non-hydrogen) atoms. The summed E-state index contributed by atoms with van der Waals surface area (Å²) in [5, 5.41) is 2.97. The molecule has 0 saturated carbocycles. The minimum atomic E-state index is -0.153. The summed E-state index contributed by atoms with van der Waals surface area (Å²) in [6.45, 7) is 10.8. The number of methoxy groups -OCH3 is 1. The second-order valence-electron chi connectivity index (χ2n) is 4.76. The van der Waals surface area contributed by atoms with Crippen molar-refractivity contribution in [2.24, 2.45) is 0 Å². The molecule has 1 rings (SSSR count). The highest BCUT2D eigenvalue weighted by Gasteiger charge is 2.17. The lowest BCUT2D eigenvalue weighted by atomic mass is 10.1. The lowest BCUT2D eigenvalue weighted by molar-refractivity contribution is 0.201. The Bertz CT molecular complexity index is 474. The van der Waals surface area contributed by atoms with Crippen LogP contribution in [0.1, 0.15) is 32.4 Å². The number of carbonyl (C=O) groups is 1. The fourth-order valence-corrected chi connectivity index (χ4v) is 1.93. The quantitative estimate of drug-likeness (QED) is 0.813. The van der Waals surface area contributed by atoms with Crippen LogP contribution in [0.25, 0.3) is 0 Å². The third-order valence-corrected chi connectivity index (χ3v) is 2.97. The van der Waals surface area contributed by atoms with Crippen molar-refractivity contribution in [2.75, 3.05) is 20.2 Å². The van der Waals surface area contributed by atoms with Gasteiger partial charge in [0.1, 0.15) is 5.75 Å². The number of amides is 2. The summed E-state index contributed by atoms with van der Waals surface area (Å²) in [6.07, 6.45) is 3.33. The monoisotopic (exact) mass is 277 g/mol. The van der Waals surface area contributed by atoms with Gasteiger partial charge in [-0.1, -0.05) is 12.2 Å². The van der Waals surface area contributed by atoms with Crippen LogP contribution < -0.4 is 10.1 Å². The molecule has 1 atom stereocenters. The Labute approximate surface area is 120 Å². The number of hydrogen-bond acceptors (Lipinski definition) is 3. The first-order chi connectivity index (χ1) is 9.49. The molecule has 0 bridgehead atoms. The number of rotatable bonds is 6. The smallest absolute Gasteiger partial charge is 0.318 e. The van der Waals surface area contributed by atoms with Gasteiger partial charge < -0.3 is 15.0 Å². The molecule has 0 saturated heterocycles. The van der Waals surface area contributed by atoms with Gasteiger partial charge in [-0.25, -0.2) is 4.79 Å². The molecule has 0 unspecified atom stereocenters. The highest BCUT2D eigenvalue weighted by Crippen LogP contribution is 2.23. The van der Waals surface area contributed by atoms with Gasteiger partial charge in [0.15, 0.2) is 0 Å². The van der Waals surface area contributed by atoms with Gasteiger partial charge in [0.25, 0.3) is 0 Å². The highest BCUT2D eigenvalue weighted by molar-refractivity contribution is 5.75. The molecular weight excluding hydrogens is 254 g/mol.